The van der Waals surface area contributed by atoms with Gasteiger partial charge in [-0.15, -0.1) is 0 Å². The number of nitrogens with one attached hydrogen (secondary N) is 1. The molecule has 0 bridgehead atoms. The first-order chi connectivity index (χ1) is 17.2. The van der Waals surface area contributed by atoms with E-state index in [2.05, 4.69) is 5.48 Å². The van der Waals surface area contributed by atoms with Gasteiger partial charge in [-0.2, -0.15) is 0 Å². The lowest BCUT2D eigenvalue weighted by Gasteiger charge is -2.23. The van der Waals surface area contributed by atoms with Gasteiger partial charge in [0.05, 0.1) is 19.8 Å². The molecule has 0 spiro atoms. The van der Waals surface area contributed by atoms with Gasteiger partial charge in [0.2, 0.25) is 0 Å². The molecule has 0 saturated heterocycles. The number of amides is 1. The monoisotopic (exact) mass is 499 g/mol. The molecule has 196 valence electrons. The maximum atomic E-state index is 12.8. The van der Waals surface area contributed by atoms with Gasteiger partial charge in [-0.05, 0) is 70.2 Å². The number of ether oxygens (including phenoxy) is 3. The molecule has 36 heavy (non-hydrogen) atoms. The Balaban J connectivity index is 1.90. The van der Waals surface area contributed by atoms with E-state index in [9.17, 15) is 14.4 Å². The largest absolute Gasteiger partial charge is 0.494 e. The van der Waals surface area contributed by atoms with Crippen LogP contribution in [0.2, 0.25) is 0 Å². The number of rotatable bonds is 14. The van der Waals surface area contributed by atoms with Gasteiger partial charge in [-0.25, -0.2) is 5.48 Å². The van der Waals surface area contributed by atoms with E-state index >= 15 is 0 Å². The van der Waals surface area contributed by atoms with Crippen molar-refractivity contribution in [3.8, 4) is 5.75 Å². The summed E-state index contributed by atoms with van der Waals surface area (Å²) >= 11 is 0. The number of unbranched alkanes of at least 4 members (excludes halogenated alkanes) is 1. The highest BCUT2D eigenvalue weighted by Crippen LogP contribution is 2.19. The fourth-order valence-corrected chi connectivity index (χ4v) is 3.24. The quantitative estimate of drug-likeness (QED) is 0.176. The van der Waals surface area contributed by atoms with Gasteiger partial charge < -0.3 is 14.2 Å². The highest BCUT2D eigenvalue weighted by Gasteiger charge is 2.32. The first kappa shape index (κ1) is 28.8. The molecule has 1 N–H and O–H groups in total. The molecule has 2 aromatic rings. The van der Waals surface area contributed by atoms with Crippen molar-refractivity contribution in [2.75, 3.05) is 13.2 Å². The van der Waals surface area contributed by atoms with Crippen molar-refractivity contribution < 1.29 is 33.4 Å². The van der Waals surface area contributed by atoms with Crippen LogP contribution < -0.4 is 10.2 Å². The Morgan fingerprint density at radius 1 is 0.917 bits per heavy atom. The van der Waals surface area contributed by atoms with Gasteiger partial charge in [-0.3, -0.25) is 19.2 Å². The second-order valence-electron chi connectivity index (χ2n) is 9.29. The normalized spacial score (nSPS) is 11.9. The van der Waals surface area contributed by atoms with Crippen LogP contribution in [-0.2, 0) is 41.7 Å². The standard InChI is InChI=1S/C28H37NO7/c1-5-33-25(30)13-9-10-18-34-23-16-14-21(15-17-23)19-24(27(32)36-28(2,3)4)26(31)29-35-20-22-11-7-6-8-12-22/h6-8,11-12,14-17,24H,5,9-10,13,18-20H2,1-4H3,(H,29,31)/t24-/m0/s1. The van der Waals surface area contributed by atoms with E-state index < -0.39 is 23.4 Å². The molecule has 8 heteroatoms. The van der Waals surface area contributed by atoms with Crippen LogP contribution in [0.15, 0.2) is 54.6 Å². The lowest BCUT2D eigenvalue weighted by molar-refractivity contribution is -0.165. The third kappa shape index (κ3) is 11.4. The van der Waals surface area contributed by atoms with Gasteiger partial charge in [0, 0.05) is 6.42 Å². The molecule has 0 fully saturated rings. The summed E-state index contributed by atoms with van der Waals surface area (Å²) in [5, 5.41) is 0. The number of hydroxylamine groups is 1. The molecule has 0 heterocycles. The molecular formula is C28H37NO7. The second-order valence-corrected chi connectivity index (χ2v) is 9.29. The van der Waals surface area contributed by atoms with E-state index in [1.54, 1.807) is 39.8 Å². The molecule has 0 aliphatic heterocycles. The zero-order valence-electron chi connectivity index (χ0n) is 21.6. The first-order valence-corrected chi connectivity index (χ1v) is 12.2. The van der Waals surface area contributed by atoms with Crippen molar-refractivity contribution in [3.05, 3.63) is 65.7 Å². The molecule has 2 aromatic carbocycles. The molecular weight excluding hydrogens is 462 g/mol. The van der Waals surface area contributed by atoms with Crippen LogP contribution in [0.5, 0.6) is 5.75 Å². The van der Waals surface area contributed by atoms with Crippen LogP contribution >= 0.6 is 0 Å². The molecule has 1 amide bonds. The molecule has 0 aliphatic rings. The molecule has 0 saturated carbocycles. The summed E-state index contributed by atoms with van der Waals surface area (Å²) in [5.74, 6) is -1.79. The average molecular weight is 500 g/mol. The Hall–Kier alpha value is -3.39. The van der Waals surface area contributed by atoms with Gasteiger partial charge >= 0.3 is 11.9 Å². The summed E-state index contributed by atoms with van der Waals surface area (Å²) in [7, 11) is 0. The Bertz CT molecular complexity index is 952. The summed E-state index contributed by atoms with van der Waals surface area (Å²) in [6.07, 6.45) is 1.94. The SMILES string of the molecule is CCOC(=O)CCCCOc1ccc(C[C@@H](C(=O)NOCc2ccccc2)C(=O)OC(C)(C)C)cc1. The van der Waals surface area contributed by atoms with Gasteiger partial charge in [0.1, 0.15) is 17.3 Å². The van der Waals surface area contributed by atoms with Crippen molar-refractivity contribution in [3.63, 3.8) is 0 Å². The zero-order chi connectivity index (χ0) is 26.4. The predicted molar refractivity (Wildman–Crippen MR) is 135 cm³/mol. The maximum absolute atomic E-state index is 12.8. The summed E-state index contributed by atoms with van der Waals surface area (Å²) in [6.45, 7) is 8.09. The van der Waals surface area contributed by atoms with E-state index in [0.29, 0.717) is 31.8 Å². The molecule has 0 aliphatic carbocycles. The third-order valence-electron chi connectivity index (χ3n) is 4.97. The van der Waals surface area contributed by atoms with Crippen LogP contribution in [0.1, 0.15) is 58.1 Å². The Morgan fingerprint density at radius 2 is 1.61 bits per heavy atom. The first-order valence-electron chi connectivity index (χ1n) is 12.2. The number of carbonyl (C=O) groups is 3. The second kappa shape index (κ2) is 14.9. The fraction of sp³-hybridized carbons (Fsp3) is 0.464. The Morgan fingerprint density at radius 3 is 2.25 bits per heavy atom. The van der Waals surface area contributed by atoms with Gasteiger partial charge in [0.25, 0.3) is 5.91 Å². The molecule has 0 aromatic heterocycles. The minimum absolute atomic E-state index is 0.148. The zero-order valence-corrected chi connectivity index (χ0v) is 21.6. The number of hydrogen-bond acceptors (Lipinski definition) is 7. The van der Waals surface area contributed by atoms with Crippen molar-refractivity contribution in [2.45, 2.75) is 65.6 Å². The molecule has 8 nitrogen and oxygen atoms in total. The van der Waals surface area contributed by atoms with E-state index in [1.165, 1.54) is 0 Å². The molecule has 2 rings (SSSR count). The highest BCUT2D eigenvalue weighted by atomic mass is 16.7. The van der Waals surface area contributed by atoms with E-state index in [0.717, 1.165) is 17.5 Å². The number of benzene rings is 2. The van der Waals surface area contributed by atoms with E-state index in [4.69, 9.17) is 19.0 Å². The van der Waals surface area contributed by atoms with Crippen LogP contribution in [0.25, 0.3) is 0 Å². The van der Waals surface area contributed by atoms with Crippen molar-refractivity contribution in [1.29, 1.82) is 0 Å². The minimum Gasteiger partial charge on any atom is -0.494 e. The molecule has 1 atom stereocenters. The number of esters is 2. The summed E-state index contributed by atoms with van der Waals surface area (Å²) in [5.41, 5.74) is 3.33. The van der Waals surface area contributed by atoms with Crippen LogP contribution in [0.3, 0.4) is 0 Å². The van der Waals surface area contributed by atoms with E-state index in [1.807, 2.05) is 42.5 Å². The average Bonchev–Trinajstić information content (AvgIpc) is 2.83. The summed E-state index contributed by atoms with van der Waals surface area (Å²) in [4.78, 5) is 42.3. The van der Waals surface area contributed by atoms with Crippen LogP contribution in [0.4, 0.5) is 0 Å². The smallest absolute Gasteiger partial charge is 0.319 e. The third-order valence-corrected chi connectivity index (χ3v) is 4.97. The topological polar surface area (TPSA) is 100 Å². The highest BCUT2D eigenvalue weighted by molar-refractivity contribution is 5.97. The fourth-order valence-electron chi connectivity index (χ4n) is 3.24. The molecule has 0 unspecified atom stereocenters. The van der Waals surface area contributed by atoms with Crippen LogP contribution in [-0.4, -0.2) is 36.7 Å². The molecule has 0 radical (unpaired) electrons. The predicted octanol–water partition coefficient (Wildman–Crippen LogP) is 4.55. The minimum atomic E-state index is -1.07. The number of carbonyl (C=O) groups excluding carboxylic acids is 3. The maximum Gasteiger partial charge on any atom is 0.319 e. The summed E-state index contributed by atoms with van der Waals surface area (Å²) in [6, 6.07) is 16.6. The van der Waals surface area contributed by atoms with E-state index in [-0.39, 0.29) is 19.0 Å². The van der Waals surface area contributed by atoms with Crippen molar-refractivity contribution >= 4 is 17.8 Å². The number of hydrogen-bond donors (Lipinski definition) is 1. The Kier molecular flexibility index (Phi) is 11.9. The van der Waals surface area contributed by atoms with Crippen molar-refractivity contribution in [1.82, 2.24) is 5.48 Å². The van der Waals surface area contributed by atoms with Crippen molar-refractivity contribution in [2.24, 2.45) is 5.92 Å². The summed E-state index contributed by atoms with van der Waals surface area (Å²) < 4.78 is 16.1. The lowest BCUT2D eigenvalue weighted by atomic mass is 9.98. The van der Waals surface area contributed by atoms with Gasteiger partial charge in [-0.1, -0.05) is 42.5 Å². The lowest BCUT2D eigenvalue weighted by Crippen LogP contribution is -2.40. The van der Waals surface area contributed by atoms with Crippen LogP contribution in [0, 0.1) is 5.92 Å². The van der Waals surface area contributed by atoms with Gasteiger partial charge in [0.15, 0.2) is 0 Å². The Labute approximate surface area is 213 Å².